The lowest BCUT2D eigenvalue weighted by atomic mass is 9.80. The molecule has 170 valence electrons. The fraction of sp³-hybridized carbons (Fsp3) is 0.310. The molecule has 0 bridgehead atoms. The molecule has 1 saturated carbocycles. The summed E-state index contributed by atoms with van der Waals surface area (Å²) in [4.78, 5) is 26.5. The fourth-order valence-corrected chi connectivity index (χ4v) is 5.03. The average molecular weight is 442 g/mol. The van der Waals surface area contributed by atoms with Crippen molar-refractivity contribution in [3.05, 3.63) is 95.6 Å². The lowest BCUT2D eigenvalue weighted by molar-refractivity contribution is -0.133. The van der Waals surface area contributed by atoms with E-state index in [1.165, 1.54) is 18.4 Å². The highest BCUT2D eigenvalue weighted by atomic mass is 16.4. The van der Waals surface area contributed by atoms with Crippen molar-refractivity contribution < 1.29 is 14.7 Å². The largest absolute Gasteiger partial charge is 0.478 e. The molecule has 1 aliphatic rings. The Morgan fingerprint density at radius 3 is 2.27 bits per heavy atom. The smallest absolute Gasteiger partial charge is 0.335 e. The number of carboxylic acid groups (broad SMARTS) is 1. The van der Waals surface area contributed by atoms with E-state index in [2.05, 4.69) is 24.3 Å². The van der Waals surface area contributed by atoms with Crippen LogP contribution in [0.5, 0.6) is 0 Å². The predicted molar refractivity (Wildman–Crippen MR) is 131 cm³/mol. The molecule has 1 amide bonds. The van der Waals surface area contributed by atoms with Crippen molar-refractivity contribution in [2.24, 2.45) is 5.92 Å². The van der Waals surface area contributed by atoms with Crippen molar-refractivity contribution in [3.8, 4) is 11.1 Å². The molecule has 4 heteroatoms. The highest BCUT2D eigenvalue weighted by Gasteiger charge is 2.30. The van der Waals surface area contributed by atoms with Crippen molar-refractivity contribution in [1.29, 1.82) is 0 Å². The number of benzene rings is 3. The first-order chi connectivity index (χ1) is 16.0. The van der Waals surface area contributed by atoms with Crippen molar-refractivity contribution in [1.82, 2.24) is 4.90 Å². The van der Waals surface area contributed by atoms with E-state index in [1.807, 2.05) is 48.3 Å². The van der Waals surface area contributed by atoms with Crippen LogP contribution in [0.2, 0.25) is 0 Å². The fourth-order valence-electron chi connectivity index (χ4n) is 5.03. The third kappa shape index (κ3) is 5.70. The summed E-state index contributed by atoms with van der Waals surface area (Å²) in [5, 5.41) is 9.28. The summed E-state index contributed by atoms with van der Waals surface area (Å²) >= 11 is 0. The monoisotopic (exact) mass is 441 g/mol. The van der Waals surface area contributed by atoms with Gasteiger partial charge in [0.1, 0.15) is 0 Å². The topological polar surface area (TPSA) is 57.6 Å². The SMILES string of the molecule is CN(C(=O)Cc1cccc(-c2cccc(C(=O)O)c2)c1)C1CCCCC1Cc1ccccc1. The highest BCUT2D eigenvalue weighted by molar-refractivity contribution is 5.89. The highest BCUT2D eigenvalue weighted by Crippen LogP contribution is 2.31. The van der Waals surface area contributed by atoms with Gasteiger partial charge < -0.3 is 10.0 Å². The van der Waals surface area contributed by atoms with Crippen LogP contribution in [-0.2, 0) is 17.6 Å². The molecule has 4 rings (SSSR count). The Bertz CT molecular complexity index is 1110. The number of hydrogen-bond donors (Lipinski definition) is 1. The predicted octanol–water partition coefficient (Wildman–Crippen LogP) is 5.85. The number of rotatable bonds is 7. The normalized spacial score (nSPS) is 18.0. The van der Waals surface area contributed by atoms with Gasteiger partial charge in [-0.25, -0.2) is 4.79 Å². The zero-order valence-corrected chi connectivity index (χ0v) is 19.1. The Kier molecular flexibility index (Phi) is 7.23. The summed E-state index contributed by atoms with van der Waals surface area (Å²) in [6, 6.07) is 25.6. The second-order valence-electron chi connectivity index (χ2n) is 9.07. The zero-order valence-electron chi connectivity index (χ0n) is 19.1. The van der Waals surface area contributed by atoms with Crippen LogP contribution < -0.4 is 0 Å². The van der Waals surface area contributed by atoms with Gasteiger partial charge in [0, 0.05) is 13.1 Å². The molecule has 3 aromatic rings. The van der Waals surface area contributed by atoms with Crippen LogP contribution in [0.1, 0.15) is 47.2 Å². The van der Waals surface area contributed by atoms with Crippen LogP contribution in [0.4, 0.5) is 0 Å². The molecule has 0 heterocycles. The zero-order chi connectivity index (χ0) is 23.2. The second-order valence-corrected chi connectivity index (χ2v) is 9.07. The first-order valence-electron chi connectivity index (χ1n) is 11.7. The molecule has 1 N–H and O–H groups in total. The number of amides is 1. The lowest BCUT2D eigenvalue weighted by Crippen LogP contribution is -2.44. The van der Waals surface area contributed by atoms with E-state index in [0.717, 1.165) is 36.0 Å². The van der Waals surface area contributed by atoms with Crippen LogP contribution in [-0.4, -0.2) is 35.0 Å². The van der Waals surface area contributed by atoms with Crippen LogP contribution in [0, 0.1) is 5.92 Å². The van der Waals surface area contributed by atoms with Gasteiger partial charge in [-0.15, -0.1) is 0 Å². The van der Waals surface area contributed by atoms with E-state index in [1.54, 1.807) is 18.2 Å². The number of carbonyl (C=O) groups is 2. The Balaban J connectivity index is 1.46. The maximum atomic E-state index is 13.2. The van der Waals surface area contributed by atoms with E-state index in [0.29, 0.717) is 12.3 Å². The molecule has 33 heavy (non-hydrogen) atoms. The molecule has 2 unspecified atom stereocenters. The number of likely N-dealkylation sites (N-methyl/N-ethyl adjacent to an activating group) is 1. The molecule has 1 fully saturated rings. The van der Waals surface area contributed by atoms with Crippen molar-refractivity contribution in [2.75, 3.05) is 7.05 Å². The molecule has 2 atom stereocenters. The van der Waals surface area contributed by atoms with Crippen molar-refractivity contribution in [3.63, 3.8) is 0 Å². The van der Waals surface area contributed by atoms with Gasteiger partial charge in [0.05, 0.1) is 12.0 Å². The molecule has 1 aliphatic carbocycles. The third-order valence-electron chi connectivity index (χ3n) is 6.83. The maximum absolute atomic E-state index is 13.2. The van der Waals surface area contributed by atoms with Crippen LogP contribution >= 0.6 is 0 Å². The van der Waals surface area contributed by atoms with Gasteiger partial charge in [0.2, 0.25) is 5.91 Å². The Morgan fingerprint density at radius 1 is 0.848 bits per heavy atom. The molecular weight excluding hydrogens is 410 g/mol. The standard InChI is InChI=1S/C29H31NO3/c1-30(27-16-6-5-12-25(27)17-21-9-3-2-4-10-21)28(31)19-22-11-7-13-23(18-22)24-14-8-15-26(20-24)29(32)33/h2-4,7-11,13-15,18,20,25,27H,5-6,12,16-17,19H2,1H3,(H,32,33). The van der Waals surface area contributed by atoms with Gasteiger partial charge in [0.25, 0.3) is 0 Å². The second kappa shape index (κ2) is 10.5. The van der Waals surface area contributed by atoms with E-state index in [-0.39, 0.29) is 17.5 Å². The van der Waals surface area contributed by atoms with Gasteiger partial charge in [-0.1, -0.05) is 79.6 Å². The summed E-state index contributed by atoms with van der Waals surface area (Å²) in [5.41, 5.74) is 4.31. The van der Waals surface area contributed by atoms with Crippen molar-refractivity contribution in [2.45, 2.75) is 44.6 Å². The van der Waals surface area contributed by atoms with Crippen LogP contribution in [0.3, 0.4) is 0 Å². The summed E-state index contributed by atoms with van der Waals surface area (Å²) in [6.07, 6.45) is 5.97. The van der Waals surface area contributed by atoms with Gasteiger partial charge in [0.15, 0.2) is 0 Å². The molecule has 0 spiro atoms. The average Bonchev–Trinajstić information content (AvgIpc) is 2.85. The van der Waals surface area contributed by atoms with E-state index < -0.39 is 5.97 Å². The molecule has 3 aromatic carbocycles. The first-order valence-corrected chi connectivity index (χ1v) is 11.7. The first kappa shape index (κ1) is 22.8. The van der Waals surface area contributed by atoms with Gasteiger partial charge in [-0.2, -0.15) is 0 Å². The summed E-state index contributed by atoms with van der Waals surface area (Å²) in [7, 11) is 1.95. The molecule has 0 aromatic heterocycles. The summed E-state index contributed by atoms with van der Waals surface area (Å²) in [6.45, 7) is 0. The quantitative estimate of drug-likeness (QED) is 0.500. The van der Waals surface area contributed by atoms with Gasteiger partial charge >= 0.3 is 5.97 Å². The number of nitrogens with zero attached hydrogens (tertiary/aromatic N) is 1. The molecule has 0 radical (unpaired) electrons. The molecule has 0 aliphatic heterocycles. The number of hydrogen-bond acceptors (Lipinski definition) is 2. The Hall–Kier alpha value is -3.40. The Morgan fingerprint density at radius 2 is 1.52 bits per heavy atom. The lowest BCUT2D eigenvalue weighted by Gasteiger charge is -2.38. The summed E-state index contributed by atoms with van der Waals surface area (Å²) < 4.78 is 0. The minimum Gasteiger partial charge on any atom is -0.478 e. The molecule has 4 nitrogen and oxygen atoms in total. The third-order valence-corrected chi connectivity index (χ3v) is 6.83. The minimum absolute atomic E-state index is 0.136. The summed E-state index contributed by atoms with van der Waals surface area (Å²) in [5.74, 6) is -0.320. The number of aromatic carboxylic acids is 1. The molecule has 0 saturated heterocycles. The van der Waals surface area contributed by atoms with E-state index in [9.17, 15) is 14.7 Å². The Labute approximate surface area is 195 Å². The minimum atomic E-state index is -0.942. The maximum Gasteiger partial charge on any atom is 0.335 e. The van der Waals surface area contributed by atoms with Crippen LogP contribution in [0.25, 0.3) is 11.1 Å². The number of carbonyl (C=O) groups excluding carboxylic acids is 1. The van der Waals surface area contributed by atoms with Gasteiger partial charge in [-0.05, 0) is 59.6 Å². The number of carboxylic acids is 1. The van der Waals surface area contributed by atoms with Gasteiger partial charge in [-0.3, -0.25) is 4.79 Å². The van der Waals surface area contributed by atoms with Crippen LogP contribution in [0.15, 0.2) is 78.9 Å². The van der Waals surface area contributed by atoms with E-state index in [4.69, 9.17) is 0 Å². The van der Waals surface area contributed by atoms with E-state index >= 15 is 0 Å². The van der Waals surface area contributed by atoms with Crippen molar-refractivity contribution >= 4 is 11.9 Å². The molecular formula is C29H31NO3.